The van der Waals surface area contributed by atoms with E-state index in [1.807, 2.05) is 25.3 Å². The summed E-state index contributed by atoms with van der Waals surface area (Å²) in [6.45, 7) is 3.53. The van der Waals surface area contributed by atoms with Crippen molar-refractivity contribution in [2.75, 3.05) is 31.7 Å². The summed E-state index contributed by atoms with van der Waals surface area (Å²) in [7, 11) is 1.49. The Labute approximate surface area is 128 Å². The molecule has 0 aromatic carbocycles. The van der Waals surface area contributed by atoms with Crippen LogP contribution in [0, 0.1) is 0 Å². The van der Waals surface area contributed by atoms with Crippen molar-refractivity contribution in [1.29, 1.82) is 0 Å². The van der Waals surface area contributed by atoms with Crippen LogP contribution in [0.4, 0.5) is 5.82 Å². The van der Waals surface area contributed by atoms with Gasteiger partial charge in [-0.25, -0.2) is 4.98 Å². The molecule has 0 unspecified atom stereocenters. The molecule has 0 saturated carbocycles. The number of anilines is 1. The molecule has 0 aliphatic rings. The number of hydrogen-bond donors (Lipinski definition) is 1. The first-order valence-electron chi connectivity index (χ1n) is 7.05. The number of amides is 1. The Morgan fingerprint density at radius 2 is 2.32 bits per heavy atom. The smallest absolute Gasteiger partial charge is 0.254 e. The zero-order chi connectivity index (χ0) is 15.9. The normalized spacial score (nSPS) is 10.7. The number of methoxy groups -OCH3 is 1. The number of hydrogen-bond acceptors (Lipinski definition) is 6. The van der Waals surface area contributed by atoms with Gasteiger partial charge in [0.25, 0.3) is 5.91 Å². The second-order valence-corrected chi connectivity index (χ2v) is 4.63. The highest BCUT2D eigenvalue weighted by atomic mass is 16.5. The fourth-order valence-corrected chi connectivity index (χ4v) is 2.07. The molecule has 8 heteroatoms. The van der Waals surface area contributed by atoms with Gasteiger partial charge in [-0.3, -0.25) is 14.4 Å². The summed E-state index contributed by atoms with van der Waals surface area (Å²) in [5.41, 5.74) is 7.06. The van der Waals surface area contributed by atoms with Gasteiger partial charge < -0.3 is 10.5 Å². The standard InChI is InChI=1S/C14H20N6O2/c1-3-20(14(21)10-22-2)13-8-11(4-6-16-13)12-9-19(7-5-15)18-17-12/h4,6,8-9H,3,5,7,10,15H2,1-2H3. The van der Waals surface area contributed by atoms with Crippen molar-refractivity contribution in [2.45, 2.75) is 13.5 Å². The first kappa shape index (κ1) is 16.1. The van der Waals surface area contributed by atoms with Crippen LogP contribution in [0.1, 0.15) is 6.92 Å². The van der Waals surface area contributed by atoms with Crippen LogP contribution in [0.2, 0.25) is 0 Å². The summed E-state index contributed by atoms with van der Waals surface area (Å²) in [4.78, 5) is 17.9. The molecule has 0 atom stereocenters. The van der Waals surface area contributed by atoms with Gasteiger partial charge in [-0.05, 0) is 19.1 Å². The maximum absolute atomic E-state index is 12.0. The Kier molecular flexibility index (Phi) is 5.56. The van der Waals surface area contributed by atoms with E-state index in [2.05, 4.69) is 15.3 Å². The first-order valence-corrected chi connectivity index (χ1v) is 7.05. The predicted octanol–water partition coefficient (Wildman–Crippen LogP) is 0.298. The molecule has 0 saturated heterocycles. The van der Waals surface area contributed by atoms with Crippen molar-refractivity contribution >= 4 is 11.7 Å². The minimum absolute atomic E-state index is 0.0203. The van der Waals surface area contributed by atoms with Gasteiger partial charge in [-0.2, -0.15) is 0 Å². The number of likely N-dealkylation sites (N-methyl/N-ethyl adjacent to an activating group) is 1. The second kappa shape index (κ2) is 7.62. The van der Waals surface area contributed by atoms with Gasteiger partial charge in [-0.1, -0.05) is 5.21 Å². The molecule has 0 aliphatic heterocycles. The first-order chi connectivity index (χ1) is 10.7. The van der Waals surface area contributed by atoms with Crippen LogP contribution >= 0.6 is 0 Å². The number of pyridine rings is 1. The van der Waals surface area contributed by atoms with Crippen LogP contribution in [-0.4, -0.2) is 52.7 Å². The third-order valence-electron chi connectivity index (χ3n) is 3.10. The predicted molar refractivity (Wildman–Crippen MR) is 82.2 cm³/mol. The zero-order valence-electron chi connectivity index (χ0n) is 12.8. The lowest BCUT2D eigenvalue weighted by atomic mass is 10.2. The quantitative estimate of drug-likeness (QED) is 0.789. The molecule has 22 heavy (non-hydrogen) atoms. The second-order valence-electron chi connectivity index (χ2n) is 4.63. The number of carbonyl (C=O) groups excluding carboxylic acids is 1. The van der Waals surface area contributed by atoms with Gasteiger partial charge in [0.1, 0.15) is 18.1 Å². The highest BCUT2D eigenvalue weighted by Crippen LogP contribution is 2.21. The van der Waals surface area contributed by atoms with Crippen LogP contribution in [-0.2, 0) is 16.1 Å². The van der Waals surface area contributed by atoms with E-state index in [1.54, 1.807) is 15.8 Å². The lowest BCUT2D eigenvalue weighted by Gasteiger charge is -2.19. The third-order valence-corrected chi connectivity index (χ3v) is 3.10. The minimum atomic E-state index is -0.138. The fraction of sp³-hybridized carbons (Fsp3) is 0.429. The van der Waals surface area contributed by atoms with Crippen LogP contribution in [0.15, 0.2) is 24.5 Å². The zero-order valence-corrected chi connectivity index (χ0v) is 12.8. The Hall–Kier alpha value is -2.32. The SMILES string of the molecule is CCN(C(=O)COC)c1cc(-c2cn(CCN)nn2)ccn1. The van der Waals surface area contributed by atoms with E-state index in [-0.39, 0.29) is 12.5 Å². The molecule has 0 aliphatic carbocycles. The molecule has 0 bridgehead atoms. The number of ether oxygens (including phenoxy) is 1. The Morgan fingerprint density at radius 1 is 1.50 bits per heavy atom. The van der Waals surface area contributed by atoms with Crippen molar-refractivity contribution in [3.63, 3.8) is 0 Å². The van der Waals surface area contributed by atoms with E-state index in [1.165, 1.54) is 7.11 Å². The van der Waals surface area contributed by atoms with Crippen molar-refractivity contribution in [3.8, 4) is 11.3 Å². The van der Waals surface area contributed by atoms with E-state index in [0.29, 0.717) is 31.1 Å². The van der Waals surface area contributed by atoms with E-state index >= 15 is 0 Å². The minimum Gasteiger partial charge on any atom is -0.375 e. The highest BCUT2D eigenvalue weighted by molar-refractivity contribution is 5.93. The molecule has 118 valence electrons. The molecule has 0 radical (unpaired) electrons. The van der Waals surface area contributed by atoms with E-state index in [4.69, 9.17) is 10.5 Å². The fourth-order valence-electron chi connectivity index (χ4n) is 2.07. The number of carbonyl (C=O) groups is 1. The number of nitrogens with two attached hydrogens (primary N) is 1. The maximum Gasteiger partial charge on any atom is 0.254 e. The summed E-state index contributed by atoms with van der Waals surface area (Å²) < 4.78 is 6.58. The largest absolute Gasteiger partial charge is 0.375 e. The number of aromatic nitrogens is 4. The molecule has 2 heterocycles. The van der Waals surface area contributed by atoms with Crippen LogP contribution in [0.5, 0.6) is 0 Å². The van der Waals surface area contributed by atoms with Gasteiger partial charge in [0.15, 0.2) is 0 Å². The van der Waals surface area contributed by atoms with Gasteiger partial charge in [0, 0.05) is 32.0 Å². The third kappa shape index (κ3) is 3.66. The van der Waals surface area contributed by atoms with E-state index in [9.17, 15) is 4.79 Å². The van der Waals surface area contributed by atoms with Crippen LogP contribution in [0.25, 0.3) is 11.3 Å². The van der Waals surface area contributed by atoms with Crippen molar-refractivity contribution < 1.29 is 9.53 Å². The Morgan fingerprint density at radius 3 is 3.00 bits per heavy atom. The molecular weight excluding hydrogens is 284 g/mol. The molecule has 2 N–H and O–H groups in total. The van der Waals surface area contributed by atoms with Gasteiger partial charge >= 0.3 is 0 Å². The molecule has 0 spiro atoms. The molecule has 0 fully saturated rings. The monoisotopic (exact) mass is 304 g/mol. The summed E-state index contributed by atoms with van der Waals surface area (Å²) in [6.07, 6.45) is 3.47. The van der Waals surface area contributed by atoms with E-state index in [0.717, 1.165) is 5.56 Å². The molecule has 2 aromatic heterocycles. The molecule has 2 aromatic rings. The van der Waals surface area contributed by atoms with Gasteiger partial charge in [-0.15, -0.1) is 5.10 Å². The van der Waals surface area contributed by atoms with Crippen LogP contribution in [0.3, 0.4) is 0 Å². The summed E-state index contributed by atoms with van der Waals surface area (Å²) in [6, 6.07) is 3.64. The molecule has 2 rings (SSSR count). The molecular formula is C14H20N6O2. The Bertz CT molecular complexity index is 627. The van der Waals surface area contributed by atoms with Gasteiger partial charge in [0.05, 0.1) is 12.7 Å². The lowest BCUT2D eigenvalue weighted by Crippen LogP contribution is -2.34. The van der Waals surface area contributed by atoms with E-state index < -0.39 is 0 Å². The Balaban J connectivity index is 2.26. The van der Waals surface area contributed by atoms with Gasteiger partial charge in [0.2, 0.25) is 0 Å². The summed E-state index contributed by atoms with van der Waals surface area (Å²) in [5.74, 6) is 0.428. The molecule has 8 nitrogen and oxygen atoms in total. The summed E-state index contributed by atoms with van der Waals surface area (Å²) in [5, 5.41) is 8.12. The molecule has 1 amide bonds. The van der Waals surface area contributed by atoms with Crippen molar-refractivity contribution in [1.82, 2.24) is 20.0 Å². The lowest BCUT2D eigenvalue weighted by molar-refractivity contribution is -0.122. The van der Waals surface area contributed by atoms with Crippen molar-refractivity contribution in [2.24, 2.45) is 5.73 Å². The number of nitrogens with zero attached hydrogens (tertiary/aromatic N) is 5. The summed E-state index contributed by atoms with van der Waals surface area (Å²) >= 11 is 0. The number of rotatable bonds is 7. The topological polar surface area (TPSA) is 99.2 Å². The van der Waals surface area contributed by atoms with Crippen LogP contribution < -0.4 is 10.6 Å². The average molecular weight is 304 g/mol. The highest BCUT2D eigenvalue weighted by Gasteiger charge is 2.16. The average Bonchev–Trinajstić information content (AvgIpc) is 2.98. The maximum atomic E-state index is 12.0. The van der Waals surface area contributed by atoms with Crippen molar-refractivity contribution in [3.05, 3.63) is 24.5 Å².